The standard InChI is InChI=1S/C32H54O4/c1-6-15-32(35,16-7-2)18-9-19-36-22-23(3)28-13-14-29-25(10-8-17-31(28,29)5)11-12-26-20-27(33)21-30(34)24(26)4/h11-12,23,27-30,33-35H,4,6-10,13-22H2,1-3,5H3/b25-11+,26-12-/t23-,27+,28+,29-,30-,31+/m0/s1. The lowest BCUT2D eigenvalue weighted by Crippen LogP contribution is -2.37. The highest BCUT2D eigenvalue weighted by molar-refractivity contribution is 5.38. The van der Waals surface area contributed by atoms with Crippen LogP contribution in [0.25, 0.3) is 0 Å². The largest absolute Gasteiger partial charge is 0.393 e. The topological polar surface area (TPSA) is 69.9 Å². The fourth-order valence-electron chi connectivity index (χ4n) is 7.87. The van der Waals surface area contributed by atoms with Gasteiger partial charge in [0.1, 0.15) is 0 Å². The van der Waals surface area contributed by atoms with Crippen molar-refractivity contribution in [2.75, 3.05) is 13.2 Å². The maximum atomic E-state index is 10.9. The summed E-state index contributed by atoms with van der Waals surface area (Å²) < 4.78 is 6.18. The van der Waals surface area contributed by atoms with Crippen LogP contribution >= 0.6 is 0 Å². The Kier molecular flexibility index (Phi) is 10.9. The average molecular weight is 503 g/mol. The predicted molar refractivity (Wildman–Crippen MR) is 149 cm³/mol. The lowest BCUT2D eigenvalue weighted by Gasteiger charge is -2.44. The second kappa shape index (κ2) is 13.2. The summed E-state index contributed by atoms with van der Waals surface area (Å²) in [4.78, 5) is 0. The van der Waals surface area contributed by atoms with Crippen molar-refractivity contribution in [1.82, 2.24) is 0 Å². The maximum absolute atomic E-state index is 10.9. The summed E-state index contributed by atoms with van der Waals surface area (Å²) in [6.45, 7) is 14.8. The Morgan fingerprint density at radius 1 is 1.14 bits per heavy atom. The summed E-state index contributed by atoms with van der Waals surface area (Å²) in [6.07, 6.45) is 16.1. The van der Waals surface area contributed by atoms with Gasteiger partial charge in [-0.25, -0.2) is 0 Å². The first-order valence-electron chi connectivity index (χ1n) is 14.9. The maximum Gasteiger partial charge on any atom is 0.0811 e. The van der Waals surface area contributed by atoms with Gasteiger partial charge in [0.25, 0.3) is 0 Å². The number of hydrogen-bond acceptors (Lipinski definition) is 4. The second-order valence-corrected chi connectivity index (χ2v) is 12.5. The van der Waals surface area contributed by atoms with E-state index in [1.807, 2.05) is 0 Å². The van der Waals surface area contributed by atoms with Crippen molar-refractivity contribution in [2.45, 2.75) is 129 Å². The van der Waals surface area contributed by atoms with Gasteiger partial charge < -0.3 is 20.1 Å². The van der Waals surface area contributed by atoms with Gasteiger partial charge in [0, 0.05) is 19.6 Å². The van der Waals surface area contributed by atoms with Crippen LogP contribution in [0.15, 0.2) is 35.5 Å². The monoisotopic (exact) mass is 502 g/mol. The summed E-state index contributed by atoms with van der Waals surface area (Å²) in [5.41, 5.74) is 3.12. The molecule has 0 heterocycles. The third-order valence-corrected chi connectivity index (χ3v) is 9.73. The van der Waals surface area contributed by atoms with E-state index in [1.165, 1.54) is 25.7 Å². The molecule has 0 amide bonds. The molecule has 0 saturated heterocycles. The minimum Gasteiger partial charge on any atom is -0.393 e. The quantitative estimate of drug-likeness (QED) is 0.254. The van der Waals surface area contributed by atoms with Crippen LogP contribution in [0.4, 0.5) is 0 Å². The molecule has 0 radical (unpaired) electrons. The van der Waals surface area contributed by atoms with Gasteiger partial charge in [0.15, 0.2) is 0 Å². The fourth-order valence-corrected chi connectivity index (χ4v) is 7.87. The number of ether oxygens (including phenoxy) is 1. The minimum atomic E-state index is -0.626. The van der Waals surface area contributed by atoms with Gasteiger partial charge in [0.2, 0.25) is 0 Å². The molecule has 0 aromatic heterocycles. The van der Waals surface area contributed by atoms with E-state index in [9.17, 15) is 15.3 Å². The molecule has 0 spiro atoms. The molecule has 3 N–H and O–H groups in total. The van der Waals surface area contributed by atoms with E-state index < -0.39 is 17.8 Å². The number of aliphatic hydroxyl groups is 3. The van der Waals surface area contributed by atoms with E-state index >= 15 is 0 Å². The van der Waals surface area contributed by atoms with Gasteiger partial charge in [-0.2, -0.15) is 0 Å². The second-order valence-electron chi connectivity index (χ2n) is 12.5. The normalized spacial score (nSPS) is 34.4. The SMILES string of the molecule is C=C1/C(=C\C=C2/CCC[C@]3(C)[C@@H]([C@@H](C)COCCCC(O)(CCC)CCC)CC[C@@H]23)C[C@@H](O)C[C@@H]1O. The Hall–Kier alpha value is -0.940. The van der Waals surface area contributed by atoms with Crippen LogP contribution in [-0.4, -0.2) is 46.3 Å². The zero-order valence-electron chi connectivity index (χ0n) is 23.6. The highest BCUT2D eigenvalue weighted by Gasteiger charge is 2.50. The molecule has 0 aromatic carbocycles. The van der Waals surface area contributed by atoms with Crippen LogP contribution in [0.1, 0.15) is 111 Å². The van der Waals surface area contributed by atoms with Crippen molar-refractivity contribution in [2.24, 2.45) is 23.2 Å². The number of allylic oxidation sites excluding steroid dienone is 3. The number of fused-ring (bicyclic) bond motifs is 1. The molecule has 4 nitrogen and oxygen atoms in total. The zero-order valence-corrected chi connectivity index (χ0v) is 23.6. The molecule has 0 aromatic rings. The predicted octanol–water partition coefficient (Wildman–Crippen LogP) is 6.89. The van der Waals surface area contributed by atoms with Crippen LogP contribution in [0.3, 0.4) is 0 Å². The first-order chi connectivity index (χ1) is 17.1. The highest BCUT2D eigenvalue weighted by Crippen LogP contribution is 2.59. The Morgan fingerprint density at radius 2 is 1.86 bits per heavy atom. The molecule has 4 heteroatoms. The molecular formula is C32H54O4. The first-order valence-corrected chi connectivity index (χ1v) is 14.9. The van der Waals surface area contributed by atoms with Crippen molar-refractivity contribution >= 4 is 0 Å². The molecule has 0 bridgehead atoms. The molecular weight excluding hydrogens is 448 g/mol. The van der Waals surface area contributed by atoms with Crippen molar-refractivity contribution in [1.29, 1.82) is 0 Å². The molecule has 36 heavy (non-hydrogen) atoms. The number of rotatable bonds is 12. The molecule has 6 atom stereocenters. The lowest BCUT2D eigenvalue weighted by molar-refractivity contribution is -0.00480. The Labute approximate surface area is 220 Å². The van der Waals surface area contributed by atoms with Crippen LogP contribution in [0.2, 0.25) is 0 Å². The Bertz CT molecular complexity index is 777. The van der Waals surface area contributed by atoms with Gasteiger partial charge in [-0.3, -0.25) is 0 Å². The third kappa shape index (κ3) is 7.12. The van der Waals surface area contributed by atoms with Crippen molar-refractivity contribution < 1.29 is 20.1 Å². The summed E-state index contributed by atoms with van der Waals surface area (Å²) in [7, 11) is 0. The minimum absolute atomic E-state index is 0.316. The lowest BCUT2D eigenvalue weighted by atomic mass is 9.61. The average Bonchev–Trinajstić information content (AvgIpc) is 3.18. The molecule has 0 unspecified atom stereocenters. The van der Waals surface area contributed by atoms with Gasteiger partial charge >= 0.3 is 0 Å². The summed E-state index contributed by atoms with van der Waals surface area (Å²) >= 11 is 0. The van der Waals surface area contributed by atoms with Crippen LogP contribution < -0.4 is 0 Å². The smallest absolute Gasteiger partial charge is 0.0811 e. The molecule has 3 aliphatic rings. The molecule has 3 rings (SSSR count). The number of hydrogen-bond donors (Lipinski definition) is 3. The Balaban J connectivity index is 1.55. The van der Waals surface area contributed by atoms with E-state index in [1.54, 1.807) is 5.57 Å². The first kappa shape index (κ1) is 29.6. The van der Waals surface area contributed by atoms with E-state index in [0.29, 0.717) is 36.0 Å². The summed E-state index contributed by atoms with van der Waals surface area (Å²) in [5.74, 6) is 1.82. The molecule has 3 fully saturated rings. The van der Waals surface area contributed by atoms with Crippen LogP contribution in [0.5, 0.6) is 0 Å². The third-order valence-electron chi connectivity index (χ3n) is 9.73. The fraction of sp³-hybridized carbons (Fsp3) is 0.812. The van der Waals surface area contributed by atoms with Crippen molar-refractivity contribution in [3.63, 3.8) is 0 Å². The Morgan fingerprint density at radius 3 is 2.56 bits per heavy atom. The highest BCUT2D eigenvalue weighted by atomic mass is 16.5. The zero-order chi connectivity index (χ0) is 26.3. The molecule has 3 saturated carbocycles. The van der Waals surface area contributed by atoms with Gasteiger partial charge in [-0.15, -0.1) is 0 Å². The van der Waals surface area contributed by atoms with E-state index in [-0.39, 0.29) is 0 Å². The summed E-state index contributed by atoms with van der Waals surface area (Å²) in [5, 5.41) is 31.1. The molecule has 3 aliphatic carbocycles. The van der Waals surface area contributed by atoms with Crippen LogP contribution in [0, 0.1) is 23.2 Å². The van der Waals surface area contributed by atoms with Gasteiger partial charge in [0.05, 0.1) is 17.8 Å². The van der Waals surface area contributed by atoms with E-state index in [0.717, 1.165) is 69.3 Å². The summed E-state index contributed by atoms with van der Waals surface area (Å²) in [6, 6.07) is 0. The van der Waals surface area contributed by atoms with E-state index in [4.69, 9.17) is 4.74 Å². The van der Waals surface area contributed by atoms with Gasteiger partial charge in [-0.1, -0.05) is 64.8 Å². The van der Waals surface area contributed by atoms with Crippen LogP contribution in [-0.2, 0) is 4.74 Å². The van der Waals surface area contributed by atoms with E-state index in [2.05, 4.69) is 46.4 Å². The molecule has 0 aliphatic heterocycles. The van der Waals surface area contributed by atoms with Gasteiger partial charge in [-0.05, 0) is 98.5 Å². The van der Waals surface area contributed by atoms with Crippen molar-refractivity contribution in [3.05, 3.63) is 35.5 Å². The molecule has 206 valence electrons. The number of aliphatic hydroxyl groups excluding tert-OH is 2. The van der Waals surface area contributed by atoms with Crippen molar-refractivity contribution in [3.8, 4) is 0 Å².